The molecule has 28 heavy (non-hydrogen) atoms. The van der Waals surface area contributed by atoms with Crippen LogP contribution in [-0.2, 0) is 4.79 Å². The average Bonchev–Trinajstić information content (AvgIpc) is 3.06. The fraction of sp³-hybridized carbons (Fsp3) is 0.500. The van der Waals surface area contributed by atoms with Gasteiger partial charge in [-0.15, -0.1) is 5.10 Å². The van der Waals surface area contributed by atoms with Gasteiger partial charge < -0.3 is 14.6 Å². The largest absolute Gasteiger partial charge is 0.403 e. The molecule has 2 aromatic rings. The summed E-state index contributed by atoms with van der Waals surface area (Å²) in [6, 6.07) is 4.65. The lowest BCUT2D eigenvalue weighted by Crippen LogP contribution is -2.40. The Morgan fingerprint density at radius 3 is 2.50 bits per heavy atom. The number of nitrogens with one attached hydrogen (secondary N) is 1. The van der Waals surface area contributed by atoms with Gasteiger partial charge in [0.15, 0.2) is 0 Å². The maximum atomic E-state index is 13.5. The van der Waals surface area contributed by atoms with Crippen LogP contribution in [0, 0.1) is 5.41 Å². The fourth-order valence-corrected chi connectivity index (χ4v) is 3.57. The molecule has 6 nitrogen and oxygen atoms in total. The van der Waals surface area contributed by atoms with Crippen LogP contribution in [0.15, 0.2) is 28.7 Å². The fourth-order valence-electron chi connectivity index (χ4n) is 3.57. The second kappa shape index (κ2) is 6.46. The van der Waals surface area contributed by atoms with Gasteiger partial charge in [0, 0.05) is 30.6 Å². The first-order valence-corrected chi connectivity index (χ1v) is 8.86. The molecule has 0 unspecified atom stereocenters. The first-order chi connectivity index (χ1) is 13.2. The molecule has 0 bridgehead atoms. The predicted molar refractivity (Wildman–Crippen MR) is 91.0 cm³/mol. The number of nitrogens with zero attached hydrogens (tertiary/aromatic N) is 3. The number of carbonyl (C=O) groups excluding carboxylic acids is 1. The Bertz CT molecular complexity index is 886. The highest BCUT2D eigenvalue weighted by Crippen LogP contribution is 2.65. The van der Waals surface area contributed by atoms with Gasteiger partial charge in [0.05, 0.1) is 5.41 Å². The van der Waals surface area contributed by atoms with Crippen molar-refractivity contribution in [2.24, 2.45) is 5.41 Å². The SMILES string of the molecule is C[C@H](Nc1nnc(-c2ccc(C(F)F)cc2)o1)C(=O)N1CC[C@@]2(C1)CC2(F)F. The molecule has 4 rings (SSSR count). The van der Waals surface area contributed by atoms with Crippen LogP contribution in [0.1, 0.15) is 31.8 Å². The smallest absolute Gasteiger partial charge is 0.316 e. The number of halogens is 4. The molecule has 1 aliphatic carbocycles. The summed E-state index contributed by atoms with van der Waals surface area (Å²) in [5.74, 6) is -2.89. The summed E-state index contributed by atoms with van der Waals surface area (Å²) in [5, 5.41) is 10.4. The van der Waals surface area contributed by atoms with E-state index in [2.05, 4.69) is 15.5 Å². The summed E-state index contributed by atoms with van der Waals surface area (Å²) in [7, 11) is 0. The van der Waals surface area contributed by atoms with Crippen molar-refractivity contribution < 1.29 is 26.8 Å². The van der Waals surface area contributed by atoms with Gasteiger partial charge in [-0.05, 0) is 25.5 Å². The first kappa shape index (κ1) is 18.7. The van der Waals surface area contributed by atoms with Crippen LogP contribution in [-0.4, -0.2) is 46.1 Å². The van der Waals surface area contributed by atoms with Gasteiger partial charge in [0.2, 0.25) is 11.8 Å². The van der Waals surface area contributed by atoms with Crippen molar-refractivity contribution >= 4 is 11.9 Å². The Morgan fingerprint density at radius 1 is 1.25 bits per heavy atom. The number of amides is 1. The third-order valence-corrected chi connectivity index (χ3v) is 5.42. The lowest BCUT2D eigenvalue weighted by Gasteiger charge is -2.21. The van der Waals surface area contributed by atoms with Crippen molar-refractivity contribution in [2.75, 3.05) is 18.4 Å². The van der Waals surface area contributed by atoms with Crippen LogP contribution in [0.4, 0.5) is 23.6 Å². The maximum Gasteiger partial charge on any atom is 0.316 e. The van der Waals surface area contributed by atoms with Gasteiger partial charge in [-0.2, -0.15) is 0 Å². The minimum Gasteiger partial charge on any atom is -0.403 e. The van der Waals surface area contributed by atoms with Crippen molar-refractivity contribution in [1.29, 1.82) is 0 Å². The predicted octanol–water partition coefficient (Wildman–Crippen LogP) is 3.73. The lowest BCUT2D eigenvalue weighted by molar-refractivity contribution is -0.131. The molecule has 1 aliphatic heterocycles. The van der Waals surface area contributed by atoms with Crippen LogP contribution in [0.5, 0.6) is 0 Å². The molecule has 1 saturated carbocycles. The number of anilines is 1. The Hall–Kier alpha value is -2.65. The minimum absolute atomic E-state index is 0.0144. The van der Waals surface area contributed by atoms with E-state index in [4.69, 9.17) is 4.42 Å². The summed E-state index contributed by atoms with van der Waals surface area (Å²) in [6.45, 7) is 1.93. The molecule has 1 amide bonds. The molecule has 10 heteroatoms. The molecule has 1 spiro atoms. The Balaban J connectivity index is 1.38. The quantitative estimate of drug-likeness (QED) is 0.777. The summed E-state index contributed by atoms with van der Waals surface area (Å²) in [4.78, 5) is 13.9. The molecular weight excluding hydrogens is 380 g/mol. The molecule has 2 atom stereocenters. The van der Waals surface area contributed by atoms with Gasteiger partial charge in [-0.25, -0.2) is 17.6 Å². The van der Waals surface area contributed by atoms with Crippen LogP contribution in [0.25, 0.3) is 11.5 Å². The second-order valence-corrected chi connectivity index (χ2v) is 7.37. The zero-order valence-corrected chi connectivity index (χ0v) is 15.0. The highest BCUT2D eigenvalue weighted by molar-refractivity contribution is 5.84. The highest BCUT2D eigenvalue weighted by Gasteiger charge is 2.73. The van der Waals surface area contributed by atoms with Crippen molar-refractivity contribution in [1.82, 2.24) is 15.1 Å². The Labute approximate surface area is 157 Å². The average molecular weight is 398 g/mol. The van der Waals surface area contributed by atoms with E-state index in [0.717, 1.165) is 0 Å². The van der Waals surface area contributed by atoms with Crippen molar-refractivity contribution in [3.63, 3.8) is 0 Å². The first-order valence-electron chi connectivity index (χ1n) is 8.86. The molecule has 1 N–H and O–H groups in total. The molecule has 2 aliphatic rings. The van der Waals surface area contributed by atoms with Gasteiger partial charge >= 0.3 is 6.01 Å². The van der Waals surface area contributed by atoms with E-state index < -0.39 is 23.8 Å². The molecular formula is C18H18F4N4O2. The number of hydrogen-bond donors (Lipinski definition) is 1. The number of hydrogen-bond acceptors (Lipinski definition) is 5. The van der Waals surface area contributed by atoms with E-state index in [1.807, 2.05) is 0 Å². The Morgan fingerprint density at radius 2 is 1.93 bits per heavy atom. The zero-order valence-electron chi connectivity index (χ0n) is 15.0. The van der Waals surface area contributed by atoms with Crippen LogP contribution in [0.2, 0.25) is 0 Å². The molecule has 1 saturated heterocycles. The minimum atomic E-state index is -2.68. The lowest BCUT2D eigenvalue weighted by atomic mass is 10.1. The van der Waals surface area contributed by atoms with Gasteiger partial charge in [0.1, 0.15) is 6.04 Å². The van der Waals surface area contributed by atoms with Gasteiger partial charge in [-0.3, -0.25) is 4.79 Å². The number of likely N-dealkylation sites (tertiary alicyclic amines) is 1. The van der Waals surface area contributed by atoms with E-state index in [1.165, 1.54) is 29.2 Å². The molecule has 150 valence electrons. The molecule has 0 radical (unpaired) electrons. The second-order valence-electron chi connectivity index (χ2n) is 7.37. The van der Waals surface area contributed by atoms with E-state index >= 15 is 0 Å². The molecule has 1 aromatic heterocycles. The van der Waals surface area contributed by atoms with Crippen LogP contribution in [0.3, 0.4) is 0 Å². The number of alkyl halides is 4. The topological polar surface area (TPSA) is 71.3 Å². The number of benzene rings is 1. The summed E-state index contributed by atoms with van der Waals surface area (Å²) >= 11 is 0. The number of rotatable bonds is 5. The number of aromatic nitrogens is 2. The van der Waals surface area contributed by atoms with Crippen LogP contribution < -0.4 is 5.32 Å². The summed E-state index contributed by atoms with van der Waals surface area (Å²) in [6.07, 6.45) is -2.43. The van der Waals surface area contributed by atoms with Gasteiger partial charge in [0.25, 0.3) is 12.3 Å². The van der Waals surface area contributed by atoms with E-state index in [1.54, 1.807) is 6.92 Å². The van der Waals surface area contributed by atoms with Gasteiger partial charge in [-0.1, -0.05) is 17.2 Å². The van der Waals surface area contributed by atoms with Crippen molar-refractivity contribution in [3.8, 4) is 11.5 Å². The standard InChI is InChI=1S/C18H18F4N4O2/c1-10(15(27)26-7-6-17(9-26)8-18(17,21)22)23-16-25-24-14(28-16)12-4-2-11(3-5-12)13(19)20/h2-5,10,13H,6-9H2,1H3,(H,23,25)/t10-,17-/m0/s1. The van der Waals surface area contributed by atoms with Crippen LogP contribution >= 0.6 is 0 Å². The number of carbonyl (C=O) groups is 1. The highest BCUT2D eigenvalue weighted by atomic mass is 19.3. The molecule has 1 aromatic carbocycles. The normalized spacial score (nSPS) is 24.0. The molecule has 2 heterocycles. The Kier molecular flexibility index (Phi) is 4.31. The van der Waals surface area contributed by atoms with E-state index in [0.29, 0.717) is 18.5 Å². The molecule has 2 fully saturated rings. The third kappa shape index (κ3) is 3.20. The summed E-state index contributed by atoms with van der Waals surface area (Å²) < 4.78 is 57.6. The third-order valence-electron chi connectivity index (χ3n) is 5.42. The van der Waals surface area contributed by atoms with E-state index in [-0.39, 0.29) is 36.3 Å². The summed E-state index contributed by atoms with van der Waals surface area (Å²) in [5.41, 5.74) is -0.712. The zero-order chi connectivity index (χ0) is 20.1. The monoisotopic (exact) mass is 398 g/mol. The van der Waals surface area contributed by atoms with Crippen molar-refractivity contribution in [3.05, 3.63) is 29.8 Å². The van der Waals surface area contributed by atoms with Crippen molar-refractivity contribution in [2.45, 2.75) is 38.2 Å². The maximum absolute atomic E-state index is 13.5. The van der Waals surface area contributed by atoms with E-state index in [9.17, 15) is 22.4 Å².